The van der Waals surface area contributed by atoms with Crippen molar-refractivity contribution >= 4 is 12.0 Å². The molecule has 20 heavy (non-hydrogen) atoms. The van der Waals surface area contributed by atoms with Crippen LogP contribution < -0.4 is 10.6 Å². The average Bonchev–Trinajstić information content (AvgIpc) is 2.33. The minimum Gasteiger partial charge on any atom is -0.480 e. The topological polar surface area (TPSA) is 78.4 Å². The van der Waals surface area contributed by atoms with Crippen LogP contribution >= 0.6 is 0 Å². The van der Waals surface area contributed by atoms with Gasteiger partial charge in [-0.1, -0.05) is 48.0 Å². The number of urea groups is 1. The van der Waals surface area contributed by atoms with Crippen molar-refractivity contribution in [3.63, 3.8) is 0 Å². The first-order valence-electron chi connectivity index (χ1n) is 7.47. The van der Waals surface area contributed by atoms with Crippen LogP contribution in [0.15, 0.2) is 0 Å². The molecular formula is C15H30N2O3. The van der Waals surface area contributed by atoms with Crippen LogP contribution in [-0.2, 0) is 4.79 Å². The van der Waals surface area contributed by atoms with Crippen molar-refractivity contribution in [2.75, 3.05) is 6.54 Å². The van der Waals surface area contributed by atoms with Crippen LogP contribution in [0.4, 0.5) is 4.79 Å². The fourth-order valence-corrected chi connectivity index (χ4v) is 2.33. The molecule has 0 bridgehead atoms. The standard InChI is InChI=1S/C15H30N2O3/c1-7-11(6)13(14(18)19)17-15(20)16-8-12(9(2)3)10(4)5/h9-13H,7-8H2,1-6H3,(H,18,19)(H2,16,17,20)/t11-,13-/m0/s1. The molecule has 0 aliphatic carbocycles. The van der Waals surface area contributed by atoms with E-state index in [4.69, 9.17) is 5.11 Å². The quantitative estimate of drug-likeness (QED) is 0.642. The lowest BCUT2D eigenvalue weighted by Crippen LogP contribution is -2.50. The summed E-state index contributed by atoms with van der Waals surface area (Å²) in [5, 5.41) is 14.5. The van der Waals surface area contributed by atoms with Crippen molar-refractivity contribution in [1.29, 1.82) is 0 Å². The molecule has 5 nitrogen and oxygen atoms in total. The van der Waals surface area contributed by atoms with Gasteiger partial charge in [0.2, 0.25) is 0 Å². The number of hydrogen-bond acceptors (Lipinski definition) is 2. The van der Waals surface area contributed by atoms with Gasteiger partial charge in [-0.3, -0.25) is 0 Å². The Morgan fingerprint density at radius 3 is 1.90 bits per heavy atom. The second-order valence-corrected chi connectivity index (χ2v) is 6.21. The number of rotatable bonds is 8. The molecular weight excluding hydrogens is 256 g/mol. The summed E-state index contributed by atoms with van der Waals surface area (Å²) in [6.45, 7) is 12.8. The zero-order valence-corrected chi connectivity index (χ0v) is 13.6. The molecule has 0 rings (SSSR count). The summed E-state index contributed by atoms with van der Waals surface area (Å²) in [4.78, 5) is 23.0. The lowest BCUT2D eigenvalue weighted by molar-refractivity contribution is -0.140. The zero-order chi connectivity index (χ0) is 15.9. The Bertz CT molecular complexity index is 308. The summed E-state index contributed by atoms with van der Waals surface area (Å²) in [5.41, 5.74) is 0. The number of hydrogen-bond donors (Lipinski definition) is 3. The highest BCUT2D eigenvalue weighted by molar-refractivity contribution is 5.82. The van der Waals surface area contributed by atoms with Crippen LogP contribution in [-0.4, -0.2) is 29.7 Å². The fourth-order valence-electron chi connectivity index (χ4n) is 2.33. The van der Waals surface area contributed by atoms with Crippen LogP contribution in [0.5, 0.6) is 0 Å². The predicted octanol–water partition coefficient (Wildman–Crippen LogP) is 2.71. The second kappa shape index (κ2) is 8.82. The van der Waals surface area contributed by atoms with Crippen LogP contribution in [0.1, 0.15) is 48.0 Å². The van der Waals surface area contributed by atoms with Crippen molar-refractivity contribution in [2.45, 2.75) is 54.0 Å². The number of aliphatic carboxylic acids is 1. The van der Waals surface area contributed by atoms with Gasteiger partial charge >= 0.3 is 12.0 Å². The number of nitrogens with one attached hydrogen (secondary N) is 2. The number of carboxylic acid groups (broad SMARTS) is 1. The van der Waals surface area contributed by atoms with Gasteiger partial charge in [0.15, 0.2) is 0 Å². The molecule has 0 unspecified atom stereocenters. The average molecular weight is 286 g/mol. The van der Waals surface area contributed by atoms with E-state index < -0.39 is 18.0 Å². The van der Waals surface area contributed by atoms with Gasteiger partial charge in [-0.2, -0.15) is 0 Å². The first-order valence-corrected chi connectivity index (χ1v) is 7.47. The van der Waals surface area contributed by atoms with Crippen LogP contribution in [0.2, 0.25) is 0 Å². The second-order valence-electron chi connectivity index (χ2n) is 6.21. The van der Waals surface area contributed by atoms with E-state index in [9.17, 15) is 9.59 Å². The number of carboxylic acids is 1. The third-order valence-corrected chi connectivity index (χ3v) is 3.98. The van der Waals surface area contributed by atoms with Crippen LogP contribution in [0.3, 0.4) is 0 Å². The minimum absolute atomic E-state index is 0.0933. The van der Waals surface area contributed by atoms with Crippen molar-refractivity contribution < 1.29 is 14.7 Å². The van der Waals surface area contributed by atoms with Gasteiger partial charge in [0.1, 0.15) is 6.04 Å². The Kier molecular flexibility index (Phi) is 8.26. The lowest BCUT2D eigenvalue weighted by atomic mass is 9.85. The van der Waals surface area contributed by atoms with E-state index in [0.717, 1.165) is 0 Å². The Morgan fingerprint density at radius 2 is 1.55 bits per heavy atom. The van der Waals surface area contributed by atoms with Crippen molar-refractivity contribution in [2.24, 2.45) is 23.7 Å². The largest absolute Gasteiger partial charge is 0.480 e. The third kappa shape index (κ3) is 6.26. The first-order chi connectivity index (χ1) is 9.20. The fraction of sp³-hybridized carbons (Fsp3) is 0.867. The highest BCUT2D eigenvalue weighted by atomic mass is 16.4. The summed E-state index contributed by atoms with van der Waals surface area (Å²) in [6, 6.07) is -1.24. The summed E-state index contributed by atoms with van der Waals surface area (Å²) < 4.78 is 0. The zero-order valence-electron chi connectivity index (χ0n) is 13.6. The summed E-state index contributed by atoms with van der Waals surface area (Å²) in [6.07, 6.45) is 0.706. The Labute approximate surface area is 122 Å². The van der Waals surface area contributed by atoms with Gasteiger partial charge in [0.05, 0.1) is 0 Å². The minimum atomic E-state index is -0.987. The molecule has 0 aliphatic heterocycles. The normalized spacial score (nSPS) is 14.4. The van der Waals surface area contributed by atoms with E-state index in [-0.39, 0.29) is 5.92 Å². The van der Waals surface area contributed by atoms with Gasteiger partial charge in [0.25, 0.3) is 0 Å². The molecule has 5 heteroatoms. The maximum Gasteiger partial charge on any atom is 0.326 e. The molecule has 0 fully saturated rings. The van der Waals surface area contributed by atoms with E-state index in [2.05, 4.69) is 38.3 Å². The Balaban J connectivity index is 4.43. The maximum absolute atomic E-state index is 11.8. The monoisotopic (exact) mass is 286 g/mol. The molecule has 118 valence electrons. The molecule has 0 saturated heterocycles. The molecule has 0 heterocycles. The van der Waals surface area contributed by atoms with Crippen LogP contribution in [0.25, 0.3) is 0 Å². The number of amides is 2. The molecule has 2 atom stereocenters. The van der Waals surface area contributed by atoms with Crippen molar-refractivity contribution in [3.05, 3.63) is 0 Å². The molecule has 2 amide bonds. The number of carbonyl (C=O) groups excluding carboxylic acids is 1. The third-order valence-electron chi connectivity index (χ3n) is 3.98. The van der Waals surface area contributed by atoms with E-state index in [0.29, 0.717) is 30.7 Å². The summed E-state index contributed by atoms with van der Waals surface area (Å²) in [7, 11) is 0. The van der Waals surface area contributed by atoms with Gasteiger partial charge in [-0.25, -0.2) is 9.59 Å². The molecule has 0 aromatic carbocycles. The highest BCUT2D eigenvalue weighted by Crippen LogP contribution is 2.19. The van der Waals surface area contributed by atoms with Gasteiger partial charge in [-0.05, 0) is 23.7 Å². The van der Waals surface area contributed by atoms with Gasteiger partial charge < -0.3 is 15.7 Å². The van der Waals surface area contributed by atoms with Crippen molar-refractivity contribution in [1.82, 2.24) is 10.6 Å². The van der Waals surface area contributed by atoms with E-state index in [1.54, 1.807) is 0 Å². The molecule has 0 aromatic rings. The molecule has 0 aliphatic rings. The number of carbonyl (C=O) groups is 2. The molecule has 0 spiro atoms. The van der Waals surface area contributed by atoms with E-state index in [1.165, 1.54) is 0 Å². The maximum atomic E-state index is 11.8. The smallest absolute Gasteiger partial charge is 0.326 e. The van der Waals surface area contributed by atoms with Gasteiger partial charge in [0, 0.05) is 6.54 Å². The Morgan fingerprint density at radius 1 is 1.05 bits per heavy atom. The molecule has 0 saturated carbocycles. The SMILES string of the molecule is CC[C@H](C)[C@H](NC(=O)NCC(C(C)C)C(C)C)C(=O)O. The molecule has 0 aromatic heterocycles. The molecule has 0 radical (unpaired) electrons. The van der Waals surface area contributed by atoms with E-state index >= 15 is 0 Å². The van der Waals surface area contributed by atoms with E-state index in [1.807, 2.05) is 13.8 Å². The predicted molar refractivity (Wildman–Crippen MR) is 80.6 cm³/mol. The summed E-state index contributed by atoms with van der Waals surface area (Å²) >= 11 is 0. The Hall–Kier alpha value is -1.26. The van der Waals surface area contributed by atoms with Crippen LogP contribution in [0, 0.1) is 23.7 Å². The summed E-state index contributed by atoms with van der Waals surface area (Å²) in [5.74, 6) is 0.246. The lowest BCUT2D eigenvalue weighted by Gasteiger charge is -2.26. The van der Waals surface area contributed by atoms with Gasteiger partial charge in [-0.15, -0.1) is 0 Å². The molecule has 3 N–H and O–H groups in total. The van der Waals surface area contributed by atoms with Crippen molar-refractivity contribution in [3.8, 4) is 0 Å². The first kappa shape index (κ1) is 18.7. The highest BCUT2D eigenvalue weighted by Gasteiger charge is 2.26.